The van der Waals surface area contributed by atoms with E-state index in [2.05, 4.69) is 5.32 Å². The normalized spacial score (nSPS) is 22.2. The van der Waals surface area contributed by atoms with Crippen molar-refractivity contribution in [3.8, 4) is 0 Å². The molecule has 1 atom stereocenters. The highest BCUT2D eigenvalue weighted by atomic mass is 16.3. The van der Waals surface area contributed by atoms with Gasteiger partial charge in [0, 0.05) is 7.05 Å². The Bertz CT molecular complexity index is 344. The Kier molecular flexibility index (Phi) is 1.58. The Morgan fingerprint density at radius 2 is 2.31 bits per heavy atom. The molecule has 5 heteroatoms. The van der Waals surface area contributed by atoms with E-state index in [1.54, 1.807) is 19.2 Å². The number of imide groups is 1. The summed E-state index contributed by atoms with van der Waals surface area (Å²) in [4.78, 5) is 23.6. The van der Waals surface area contributed by atoms with Crippen molar-refractivity contribution in [1.29, 1.82) is 0 Å². The molecule has 2 rings (SSSR count). The van der Waals surface area contributed by atoms with E-state index in [-0.39, 0.29) is 5.91 Å². The maximum Gasteiger partial charge on any atom is 0.324 e. The fourth-order valence-electron chi connectivity index (χ4n) is 1.32. The van der Waals surface area contributed by atoms with Gasteiger partial charge in [0.25, 0.3) is 5.91 Å². The monoisotopic (exact) mass is 180 g/mol. The van der Waals surface area contributed by atoms with Gasteiger partial charge in [-0.3, -0.25) is 10.1 Å². The highest BCUT2D eigenvalue weighted by Gasteiger charge is 2.38. The van der Waals surface area contributed by atoms with E-state index in [9.17, 15) is 9.59 Å². The number of nitrogens with one attached hydrogen (secondary N) is 1. The first kappa shape index (κ1) is 7.85. The summed E-state index contributed by atoms with van der Waals surface area (Å²) in [5.74, 6) is 0.133. The molecular formula is C8H8N2O3. The van der Waals surface area contributed by atoms with Gasteiger partial charge in [0.05, 0.1) is 6.26 Å². The number of hydrogen-bond donors (Lipinski definition) is 1. The Balaban J connectivity index is 2.34. The van der Waals surface area contributed by atoms with E-state index in [1.807, 2.05) is 0 Å². The molecule has 1 fully saturated rings. The number of likely N-dealkylation sites (N-methyl/N-ethyl adjacent to an activating group) is 1. The molecular weight excluding hydrogens is 172 g/mol. The molecule has 3 amide bonds. The predicted octanol–water partition coefficient (Wildman–Crippen LogP) is 0.502. The quantitative estimate of drug-likeness (QED) is 0.640. The average Bonchev–Trinajstić information content (AvgIpc) is 2.63. The van der Waals surface area contributed by atoms with E-state index in [0.29, 0.717) is 5.76 Å². The zero-order valence-corrected chi connectivity index (χ0v) is 6.98. The number of rotatable bonds is 1. The highest BCUT2D eigenvalue weighted by Crippen LogP contribution is 2.23. The van der Waals surface area contributed by atoms with Gasteiger partial charge in [0.15, 0.2) is 6.04 Å². The summed E-state index contributed by atoms with van der Waals surface area (Å²) in [7, 11) is 1.55. The van der Waals surface area contributed by atoms with Gasteiger partial charge in [-0.05, 0) is 12.1 Å². The van der Waals surface area contributed by atoms with Gasteiger partial charge in [-0.15, -0.1) is 0 Å². The first-order valence-electron chi connectivity index (χ1n) is 3.81. The summed E-state index contributed by atoms with van der Waals surface area (Å²) in [5.41, 5.74) is 0. The predicted molar refractivity (Wildman–Crippen MR) is 42.8 cm³/mol. The molecule has 0 aromatic carbocycles. The molecule has 1 unspecified atom stereocenters. The molecule has 68 valence electrons. The lowest BCUT2D eigenvalue weighted by molar-refractivity contribution is -0.121. The third kappa shape index (κ3) is 1.09. The highest BCUT2D eigenvalue weighted by molar-refractivity contribution is 6.04. The Hall–Kier alpha value is -1.78. The van der Waals surface area contributed by atoms with E-state index in [1.165, 1.54) is 11.2 Å². The molecule has 2 heterocycles. The van der Waals surface area contributed by atoms with Crippen LogP contribution in [0.4, 0.5) is 4.79 Å². The maximum absolute atomic E-state index is 11.3. The molecule has 13 heavy (non-hydrogen) atoms. The van der Waals surface area contributed by atoms with Crippen LogP contribution in [0.25, 0.3) is 0 Å². The van der Waals surface area contributed by atoms with Crippen LogP contribution in [-0.4, -0.2) is 23.9 Å². The Morgan fingerprint density at radius 1 is 1.54 bits per heavy atom. The zero-order chi connectivity index (χ0) is 9.42. The van der Waals surface area contributed by atoms with Gasteiger partial charge in [-0.2, -0.15) is 0 Å². The Labute approximate surface area is 74.3 Å². The molecule has 0 spiro atoms. The molecule has 5 nitrogen and oxygen atoms in total. The largest absolute Gasteiger partial charge is 0.467 e. The summed E-state index contributed by atoms with van der Waals surface area (Å²) in [6.45, 7) is 0. The molecule has 1 aliphatic rings. The van der Waals surface area contributed by atoms with Crippen LogP contribution in [0.1, 0.15) is 11.8 Å². The standard InChI is InChI=1S/C8H8N2O3/c1-10-6(5-3-2-4-13-5)7(11)9-8(10)12/h2-4,6H,1H3,(H,9,11,12). The maximum atomic E-state index is 11.3. The second-order valence-electron chi connectivity index (χ2n) is 2.82. The van der Waals surface area contributed by atoms with Gasteiger partial charge in [0.2, 0.25) is 0 Å². The van der Waals surface area contributed by atoms with Crippen LogP contribution < -0.4 is 5.32 Å². The van der Waals surface area contributed by atoms with Crippen LogP contribution in [-0.2, 0) is 4.79 Å². The molecule has 1 saturated heterocycles. The van der Waals surface area contributed by atoms with E-state index >= 15 is 0 Å². The number of hydrogen-bond acceptors (Lipinski definition) is 3. The molecule has 1 aromatic rings. The van der Waals surface area contributed by atoms with Crippen molar-refractivity contribution in [3.05, 3.63) is 24.2 Å². The van der Waals surface area contributed by atoms with Gasteiger partial charge in [0.1, 0.15) is 5.76 Å². The minimum Gasteiger partial charge on any atom is -0.467 e. The van der Waals surface area contributed by atoms with Crippen LogP contribution in [0, 0.1) is 0 Å². The third-order valence-electron chi connectivity index (χ3n) is 2.00. The lowest BCUT2D eigenvalue weighted by Crippen LogP contribution is -2.25. The number of carbonyl (C=O) groups is 2. The van der Waals surface area contributed by atoms with Crippen LogP contribution in [0.3, 0.4) is 0 Å². The minimum atomic E-state index is -0.623. The van der Waals surface area contributed by atoms with Gasteiger partial charge in [-0.1, -0.05) is 0 Å². The summed E-state index contributed by atoms with van der Waals surface area (Å²) >= 11 is 0. The van der Waals surface area contributed by atoms with Crippen LogP contribution >= 0.6 is 0 Å². The molecule has 0 saturated carbocycles. The minimum absolute atomic E-state index is 0.345. The molecule has 1 aromatic heterocycles. The van der Waals surface area contributed by atoms with Crippen molar-refractivity contribution in [2.75, 3.05) is 7.05 Å². The fourth-order valence-corrected chi connectivity index (χ4v) is 1.32. The number of nitrogens with zero attached hydrogens (tertiary/aromatic N) is 1. The van der Waals surface area contributed by atoms with Gasteiger partial charge in [-0.25, -0.2) is 4.79 Å². The fraction of sp³-hybridized carbons (Fsp3) is 0.250. The van der Waals surface area contributed by atoms with E-state index < -0.39 is 12.1 Å². The van der Waals surface area contributed by atoms with Crippen LogP contribution in [0.5, 0.6) is 0 Å². The van der Waals surface area contributed by atoms with Crippen molar-refractivity contribution in [2.45, 2.75) is 6.04 Å². The van der Waals surface area contributed by atoms with Gasteiger partial charge < -0.3 is 9.32 Å². The lowest BCUT2D eigenvalue weighted by Gasteiger charge is -2.12. The van der Waals surface area contributed by atoms with Crippen molar-refractivity contribution in [2.24, 2.45) is 0 Å². The average molecular weight is 180 g/mol. The van der Waals surface area contributed by atoms with Crippen molar-refractivity contribution in [3.63, 3.8) is 0 Å². The Morgan fingerprint density at radius 3 is 2.77 bits per heavy atom. The third-order valence-corrected chi connectivity index (χ3v) is 2.00. The molecule has 0 radical (unpaired) electrons. The number of urea groups is 1. The van der Waals surface area contributed by atoms with Crippen LogP contribution in [0.2, 0.25) is 0 Å². The van der Waals surface area contributed by atoms with Gasteiger partial charge >= 0.3 is 6.03 Å². The summed E-state index contributed by atoms with van der Waals surface area (Å²) in [5, 5.41) is 2.19. The number of carbonyl (C=O) groups excluding carboxylic acids is 2. The summed E-state index contributed by atoms with van der Waals surface area (Å²) in [6.07, 6.45) is 1.47. The van der Waals surface area contributed by atoms with Crippen LogP contribution in [0.15, 0.2) is 22.8 Å². The van der Waals surface area contributed by atoms with E-state index in [4.69, 9.17) is 4.42 Å². The first-order chi connectivity index (χ1) is 6.20. The van der Waals surface area contributed by atoms with Crippen molar-refractivity contribution in [1.82, 2.24) is 10.2 Å². The molecule has 0 bridgehead atoms. The first-order valence-corrected chi connectivity index (χ1v) is 3.81. The second kappa shape index (κ2) is 2.62. The topological polar surface area (TPSA) is 62.6 Å². The van der Waals surface area contributed by atoms with E-state index in [0.717, 1.165) is 0 Å². The second-order valence-corrected chi connectivity index (χ2v) is 2.82. The molecule has 1 aliphatic heterocycles. The zero-order valence-electron chi connectivity index (χ0n) is 6.98. The smallest absolute Gasteiger partial charge is 0.324 e. The van der Waals surface area contributed by atoms with Crippen molar-refractivity contribution < 1.29 is 14.0 Å². The summed E-state index contributed by atoms with van der Waals surface area (Å²) < 4.78 is 5.05. The molecule has 0 aliphatic carbocycles. The number of furan rings is 1. The lowest BCUT2D eigenvalue weighted by atomic mass is 10.2. The SMILES string of the molecule is CN1C(=O)NC(=O)C1c1ccco1. The molecule has 1 N–H and O–H groups in total. The summed E-state index contributed by atoms with van der Waals surface area (Å²) in [6, 6.07) is 2.33. The van der Waals surface area contributed by atoms with Crippen molar-refractivity contribution >= 4 is 11.9 Å². The number of amides is 3.